The van der Waals surface area contributed by atoms with Gasteiger partial charge in [0, 0.05) is 43.9 Å². The third-order valence-electron chi connectivity index (χ3n) is 8.90. The number of carbonyl (C=O) groups is 1. The van der Waals surface area contributed by atoms with E-state index in [1.54, 1.807) is 12.1 Å². The number of nitrogens with one attached hydrogen (secondary N) is 2. The second kappa shape index (κ2) is 12.2. The zero-order valence-corrected chi connectivity index (χ0v) is 25.7. The largest absolute Gasteiger partial charge is 0.498 e. The van der Waals surface area contributed by atoms with Crippen molar-refractivity contribution in [1.82, 2.24) is 15.1 Å². The predicted octanol–water partition coefficient (Wildman–Crippen LogP) is 4.84. The molecular formula is C34H39BFN5O3. The summed E-state index contributed by atoms with van der Waals surface area (Å²) >= 11 is 0. The predicted molar refractivity (Wildman–Crippen MR) is 173 cm³/mol. The maximum absolute atomic E-state index is 13.1. The number of aromatic nitrogens is 2. The molecule has 0 saturated carbocycles. The second-order valence-electron chi connectivity index (χ2n) is 12.6. The van der Waals surface area contributed by atoms with E-state index in [0.717, 1.165) is 54.1 Å². The Kier molecular flexibility index (Phi) is 8.33. The van der Waals surface area contributed by atoms with Gasteiger partial charge in [-0.05, 0) is 68.7 Å². The SMILES string of the molecule is CC1(C)OB(c2cnn(Cc3ccccc3)c2)OC1(C)C.O=C1CC2CNCCN2c2cc(-c3ccc(F)cc3)ccc2N1. The molecule has 44 heavy (non-hydrogen) atoms. The molecule has 8 nitrogen and oxygen atoms in total. The van der Waals surface area contributed by atoms with Crippen LogP contribution >= 0.6 is 0 Å². The van der Waals surface area contributed by atoms with Gasteiger partial charge in [0.25, 0.3) is 0 Å². The highest BCUT2D eigenvalue weighted by molar-refractivity contribution is 6.62. The van der Waals surface area contributed by atoms with E-state index in [1.165, 1.54) is 17.7 Å². The van der Waals surface area contributed by atoms with Crippen LogP contribution < -0.4 is 21.0 Å². The van der Waals surface area contributed by atoms with E-state index in [-0.39, 0.29) is 36.1 Å². The maximum Gasteiger partial charge on any atom is 0.498 e. The highest BCUT2D eigenvalue weighted by atomic mass is 19.1. The molecule has 4 heterocycles. The fraction of sp³-hybridized carbons (Fsp3) is 0.353. The molecule has 3 aliphatic heterocycles. The number of benzene rings is 3. The summed E-state index contributed by atoms with van der Waals surface area (Å²) in [6.07, 6.45) is 4.31. The topological polar surface area (TPSA) is 80.6 Å². The standard InChI is InChI=1S/C18H18FN3O.C16H21BN2O2/c19-14-4-1-12(2-5-14)13-3-6-16-17(9-13)22-8-7-20-11-15(22)10-18(23)21-16;1-15(2)16(3,4)21-17(20-15)14-10-18-19(12-14)11-13-8-6-5-7-9-13/h1-6,9,15,20H,7-8,10-11H2,(H,21,23);5-10,12H,11H2,1-4H3. The molecular weight excluding hydrogens is 556 g/mol. The van der Waals surface area contributed by atoms with Crippen LogP contribution in [0.3, 0.4) is 0 Å². The molecule has 0 aliphatic carbocycles. The van der Waals surface area contributed by atoms with Crippen molar-refractivity contribution in [3.05, 3.63) is 96.6 Å². The lowest BCUT2D eigenvalue weighted by Crippen LogP contribution is -2.51. The molecule has 1 aromatic heterocycles. The number of piperazine rings is 1. The molecule has 1 unspecified atom stereocenters. The molecule has 2 saturated heterocycles. The van der Waals surface area contributed by atoms with Gasteiger partial charge >= 0.3 is 7.12 Å². The number of fused-ring (bicyclic) bond motifs is 3. The molecule has 0 radical (unpaired) electrons. The first-order chi connectivity index (χ1) is 21.1. The van der Waals surface area contributed by atoms with Crippen LogP contribution in [-0.4, -0.2) is 59.7 Å². The molecule has 3 aromatic carbocycles. The summed E-state index contributed by atoms with van der Waals surface area (Å²) < 4.78 is 27.1. The zero-order chi connectivity index (χ0) is 30.9. The van der Waals surface area contributed by atoms with Gasteiger partial charge in [0.1, 0.15) is 5.82 Å². The minimum absolute atomic E-state index is 0.0528. The van der Waals surface area contributed by atoms with Gasteiger partial charge in [0.15, 0.2) is 0 Å². The van der Waals surface area contributed by atoms with Crippen molar-refractivity contribution >= 4 is 29.9 Å². The highest BCUT2D eigenvalue weighted by Crippen LogP contribution is 2.37. The first kappa shape index (κ1) is 30.1. The number of halogens is 1. The molecule has 7 rings (SSSR count). The van der Waals surface area contributed by atoms with Crippen LogP contribution in [0.1, 0.15) is 39.7 Å². The summed E-state index contributed by atoms with van der Waals surface area (Å²) in [7, 11) is -0.348. The van der Waals surface area contributed by atoms with Gasteiger partial charge in [-0.2, -0.15) is 5.10 Å². The van der Waals surface area contributed by atoms with Crippen molar-refractivity contribution in [2.75, 3.05) is 29.9 Å². The Morgan fingerprint density at radius 2 is 1.68 bits per heavy atom. The Morgan fingerprint density at radius 3 is 2.41 bits per heavy atom. The van der Waals surface area contributed by atoms with Gasteiger partial charge in [-0.3, -0.25) is 9.48 Å². The van der Waals surface area contributed by atoms with Crippen LogP contribution in [0, 0.1) is 5.82 Å². The first-order valence-electron chi connectivity index (χ1n) is 15.2. The molecule has 228 valence electrons. The van der Waals surface area contributed by atoms with Gasteiger partial charge in [0.2, 0.25) is 5.91 Å². The van der Waals surface area contributed by atoms with Gasteiger partial charge in [-0.1, -0.05) is 48.5 Å². The number of nitrogens with zero attached hydrogens (tertiary/aromatic N) is 3. The lowest BCUT2D eigenvalue weighted by molar-refractivity contribution is -0.116. The van der Waals surface area contributed by atoms with Crippen LogP contribution in [0.5, 0.6) is 0 Å². The van der Waals surface area contributed by atoms with Crippen molar-refractivity contribution in [2.45, 2.75) is 57.9 Å². The highest BCUT2D eigenvalue weighted by Gasteiger charge is 2.52. The van der Waals surface area contributed by atoms with E-state index in [2.05, 4.69) is 66.5 Å². The Hall–Kier alpha value is -3.99. The van der Waals surface area contributed by atoms with Crippen molar-refractivity contribution in [2.24, 2.45) is 0 Å². The molecule has 0 bridgehead atoms. The summed E-state index contributed by atoms with van der Waals surface area (Å²) in [5, 5.41) is 10.8. The van der Waals surface area contributed by atoms with Crippen molar-refractivity contribution in [3.63, 3.8) is 0 Å². The van der Waals surface area contributed by atoms with E-state index in [1.807, 2.05) is 47.4 Å². The second-order valence-corrected chi connectivity index (χ2v) is 12.6. The fourth-order valence-corrected chi connectivity index (χ4v) is 5.71. The monoisotopic (exact) mass is 595 g/mol. The summed E-state index contributed by atoms with van der Waals surface area (Å²) in [4.78, 5) is 14.4. The van der Waals surface area contributed by atoms with E-state index in [4.69, 9.17) is 9.31 Å². The Balaban J connectivity index is 0.000000157. The number of hydrogen-bond acceptors (Lipinski definition) is 6. The van der Waals surface area contributed by atoms with Crippen molar-refractivity contribution in [1.29, 1.82) is 0 Å². The number of carbonyl (C=O) groups excluding carboxylic acids is 1. The molecule has 1 atom stereocenters. The molecule has 10 heteroatoms. The summed E-state index contributed by atoms with van der Waals surface area (Å²) in [6.45, 7) is 11.6. The van der Waals surface area contributed by atoms with Crippen molar-refractivity contribution in [3.8, 4) is 11.1 Å². The molecule has 1 amide bonds. The zero-order valence-electron chi connectivity index (χ0n) is 25.7. The first-order valence-corrected chi connectivity index (χ1v) is 15.2. The third-order valence-corrected chi connectivity index (χ3v) is 8.90. The number of amides is 1. The molecule has 0 spiro atoms. The maximum atomic E-state index is 13.1. The number of anilines is 2. The van der Waals surface area contributed by atoms with E-state index >= 15 is 0 Å². The molecule has 2 N–H and O–H groups in total. The summed E-state index contributed by atoms with van der Waals surface area (Å²) in [5.74, 6) is -0.185. The summed E-state index contributed by atoms with van der Waals surface area (Å²) in [6, 6.07) is 22.9. The normalized spacial score (nSPS) is 20.1. The molecule has 3 aliphatic rings. The minimum Gasteiger partial charge on any atom is -0.399 e. The average molecular weight is 596 g/mol. The quantitative estimate of drug-likeness (QED) is 0.329. The fourth-order valence-electron chi connectivity index (χ4n) is 5.71. The van der Waals surface area contributed by atoms with Gasteiger partial charge in [-0.15, -0.1) is 0 Å². The van der Waals surface area contributed by atoms with Gasteiger partial charge < -0.3 is 24.8 Å². The number of hydrogen-bond donors (Lipinski definition) is 2. The molecule has 2 fully saturated rings. The van der Waals surface area contributed by atoms with Crippen molar-refractivity contribution < 1.29 is 18.5 Å². The van der Waals surface area contributed by atoms with Crippen LogP contribution in [-0.2, 0) is 20.6 Å². The average Bonchev–Trinajstić information content (AvgIpc) is 3.50. The Morgan fingerprint density at radius 1 is 0.977 bits per heavy atom. The van der Waals surface area contributed by atoms with Gasteiger partial charge in [0.05, 0.1) is 35.2 Å². The van der Waals surface area contributed by atoms with Gasteiger partial charge in [-0.25, -0.2) is 4.39 Å². The van der Waals surface area contributed by atoms with E-state index < -0.39 is 0 Å². The number of rotatable bonds is 4. The van der Waals surface area contributed by atoms with Crippen LogP contribution in [0.15, 0.2) is 85.2 Å². The van der Waals surface area contributed by atoms with E-state index in [0.29, 0.717) is 6.42 Å². The van der Waals surface area contributed by atoms with E-state index in [9.17, 15) is 9.18 Å². The smallest absolute Gasteiger partial charge is 0.399 e. The lowest BCUT2D eigenvalue weighted by Gasteiger charge is -2.36. The Labute approximate surface area is 258 Å². The third kappa shape index (κ3) is 6.43. The van der Waals surface area contributed by atoms with Crippen LogP contribution in [0.25, 0.3) is 11.1 Å². The summed E-state index contributed by atoms with van der Waals surface area (Å²) in [5.41, 5.74) is 5.44. The minimum atomic E-state index is -0.348. The Bertz CT molecular complexity index is 1590. The lowest BCUT2D eigenvalue weighted by atomic mass is 9.82. The van der Waals surface area contributed by atoms with Crippen LogP contribution in [0.2, 0.25) is 0 Å². The molecule has 4 aromatic rings. The van der Waals surface area contributed by atoms with Crippen LogP contribution in [0.4, 0.5) is 15.8 Å².